The molecule has 3 heterocycles. The van der Waals surface area contributed by atoms with Gasteiger partial charge in [0.1, 0.15) is 12.7 Å². The molecule has 0 saturated carbocycles. The molecule has 1 saturated heterocycles. The second kappa shape index (κ2) is 13.2. The number of nitrogens with zero attached hydrogens (tertiary/aromatic N) is 6. The normalized spacial score (nSPS) is 17.3. The number of halogens is 2. The van der Waals surface area contributed by atoms with Crippen molar-refractivity contribution in [2.75, 3.05) is 43.9 Å². The summed E-state index contributed by atoms with van der Waals surface area (Å²) in [5.74, 6) is -4.64. The molecule has 2 aliphatic heterocycles. The molecule has 3 amide bonds. The van der Waals surface area contributed by atoms with Crippen LogP contribution in [0.1, 0.15) is 45.5 Å². The third-order valence-corrected chi connectivity index (χ3v) is 8.75. The van der Waals surface area contributed by atoms with Gasteiger partial charge < -0.3 is 20.0 Å². The van der Waals surface area contributed by atoms with Gasteiger partial charge in [-0.15, -0.1) is 0 Å². The van der Waals surface area contributed by atoms with Gasteiger partial charge in [0, 0.05) is 60.6 Å². The monoisotopic (exact) mass is 639 g/mol. The molecular formula is C35H35F2N7O3. The van der Waals surface area contributed by atoms with Crippen molar-refractivity contribution in [2.24, 2.45) is 0 Å². The lowest BCUT2D eigenvalue weighted by atomic mass is 9.96. The van der Waals surface area contributed by atoms with Gasteiger partial charge in [-0.2, -0.15) is 5.10 Å². The Morgan fingerprint density at radius 1 is 0.915 bits per heavy atom. The van der Waals surface area contributed by atoms with Crippen LogP contribution in [-0.2, 0) is 4.79 Å². The van der Waals surface area contributed by atoms with Crippen molar-refractivity contribution < 1.29 is 23.2 Å². The number of hydrogen-bond donors (Lipinski definition) is 1. The van der Waals surface area contributed by atoms with E-state index in [1.165, 1.54) is 28.3 Å². The molecule has 6 rings (SSSR count). The molecule has 47 heavy (non-hydrogen) atoms. The number of fused-ring (bicyclic) bond motifs is 1. The van der Waals surface area contributed by atoms with E-state index in [4.69, 9.17) is 0 Å². The second-order valence-electron chi connectivity index (χ2n) is 11.9. The van der Waals surface area contributed by atoms with Gasteiger partial charge in [0.25, 0.3) is 17.7 Å². The first kappa shape index (κ1) is 31.7. The summed E-state index contributed by atoms with van der Waals surface area (Å²) in [6.45, 7) is 0.738. The minimum atomic E-state index is -3.33. The standard InChI is InChI=1S/C35H35F2N7O3/c1-41(2)26-15-18-42(19-16-26)32(45)21-29-27-7-3-5-9-30(27)43(20-17-35(29,36)37)34(47)24-11-13-25(14-12-24)40-33(46)28-8-4-6-10-31(28)44-23-38-22-39-44/h3-14,21-23,26H,15-20H2,1-2H3,(H,40,46). The molecule has 0 spiro atoms. The van der Waals surface area contributed by atoms with Gasteiger partial charge in [0.05, 0.1) is 16.9 Å². The van der Waals surface area contributed by atoms with Crippen LogP contribution in [0.25, 0.3) is 11.3 Å². The lowest BCUT2D eigenvalue weighted by Gasteiger charge is -2.35. The van der Waals surface area contributed by atoms with E-state index in [0.29, 0.717) is 41.8 Å². The van der Waals surface area contributed by atoms with Gasteiger partial charge in [-0.3, -0.25) is 14.4 Å². The number of benzene rings is 3. The van der Waals surface area contributed by atoms with Crippen molar-refractivity contribution >= 4 is 34.7 Å². The summed E-state index contributed by atoms with van der Waals surface area (Å²) in [4.78, 5) is 49.2. The average molecular weight is 640 g/mol. The van der Waals surface area contributed by atoms with E-state index >= 15 is 8.78 Å². The van der Waals surface area contributed by atoms with Crippen molar-refractivity contribution in [1.29, 1.82) is 0 Å². The number of amides is 3. The number of alkyl halides is 2. The molecule has 1 N–H and O–H groups in total. The fourth-order valence-electron chi connectivity index (χ4n) is 6.10. The maximum atomic E-state index is 15.7. The van der Waals surface area contributed by atoms with E-state index in [-0.39, 0.29) is 29.2 Å². The number of carbonyl (C=O) groups is 3. The van der Waals surface area contributed by atoms with Gasteiger partial charge in [-0.1, -0.05) is 30.3 Å². The number of hydrogen-bond acceptors (Lipinski definition) is 6. The van der Waals surface area contributed by atoms with E-state index in [1.54, 1.807) is 71.6 Å². The molecule has 2 aliphatic rings. The van der Waals surface area contributed by atoms with Crippen LogP contribution in [0, 0.1) is 0 Å². The lowest BCUT2D eigenvalue weighted by Crippen LogP contribution is -2.44. The summed E-state index contributed by atoms with van der Waals surface area (Å²) in [5.41, 5.74) is 1.71. The van der Waals surface area contributed by atoms with Crippen molar-refractivity contribution in [3.05, 3.63) is 108 Å². The Morgan fingerprint density at radius 3 is 2.28 bits per heavy atom. The summed E-state index contributed by atoms with van der Waals surface area (Å²) >= 11 is 0. The van der Waals surface area contributed by atoms with Crippen LogP contribution in [0.5, 0.6) is 0 Å². The van der Waals surface area contributed by atoms with Crippen LogP contribution < -0.4 is 10.2 Å². The molecule has 10 nitrogen and oxygen atoms in total. The maximum absolute atomic E-state index is 15.7. The number of rotatable bonds is 6. The summed E-state index contributed by atoms with van der Waals surface area (Å²) in [5, 5.41) is 6.94. The fraction of sp³-hybridized carbons (Fsp3) is 0.286. The molecule has 0 aliphatic carbocycles. The zero-order chi connectivity index (χ0) is 33.1. The number of piperidine rings is 1. The summed E-state index contributed by atoms with van der Waals surface area (Å²) < 4.78 is 33.0. The molecule has 0 unspecified atom stereocenters. The van der Waals surface area contributed by atoms with Gasteiger partial charge in [-0.25, -0.2) is 18.4 Å². The first-order chi connectivity index (χ1) is 22.6. The first-order valence-corrected chi connectivity index (χ1v) is 15.4. The molecule has 4 aromatic rings. The minimum Gasteiger partial charge on any atom is -0.339 e. The molecule has 0 atom stereocenters. The SMILES string of the molecule is CN(C)C1CCN(C(=O)C=C2c3ccccc3N(C(=O)c3ccc(NC(=O)c4ccccc4-n4cncn4)cc3)CCC2(F)F)CC1. The Balaban J connectivity index is 1.21. The van der Waals surface area contributed by atoms with Crippen molar-refractivity contribution in [3.63, 3.8) is 0 Å². The van der Waals surface area contributed by atoms with E-state index < -0.39 is 24.2 Å². The lowest BCUT2D eigenvalue weighted by molar-refractivity contribution is -0.127. The molecule has 3 aromatic carbocycles. The Morgan fingerprint density at radius 2 is 1.60 bits per heavy atom. The number of anilines is 2. The number of para-hydroxylation sites is 2. The van der Waals surface area contributed by atoms with E-state index in [9.17, 15) is 14.4 Å². The minimum absolute atomic E-state index is 0.148. The Bertz CT molecular complexity index is 1800. The number of nitrogens with one attached hydrogen (secondary N) is 1. The van der Waals surface area contributed by atoms with Gasteiger partial charge in [0.15, 0.2) is 0 Å². The largest absolute Gasteiger partial charge is 0.339 e. The van der Waals surface area contributed by atoms with Crippen LogP contribution in [0.15, 0.2) is 91.5 Å². The number of likely N-dealkylation sites (tertiary alicyclic amines) is 1. The predicted molar refractivity (Wildman–Crippen MR) is 175 cm³/mol. The summed E-state index contributed by atoms with van der Waals surface area (Å²) in [6.07, 6.45) is 4.83. The van der Waals surface area contributed by atoms with Crippen molar-refractivity contribution in [1.82, 2.24) is 24.6 Å². The van der Waals surface area contributed by atoms with Gasteiger partial charge in [0.2, 0.25) is 5.91 Å². The number of carbonyl (C=O) groups excluding carboxylic acids is 3. The van der Waals surface area contributed by atoms with Crippen LogP contribution >= 0.6 is 0 Å². The highest BCUT2D eigenvalue weighted by Gasteiger charge is 2.42. The molecular weight excluding hydrogens is 604 g/mol. The third-order valence-electron chi connectivity index (χ3n) is 8.75. The zero-order valence-corrected chi connectivity index (χ0v) is 26.1. The maximum Gasteiger partial charge on any atom is 0.275 e. The van der Waals surface area contributed by atoms with Crippen LogP contribution in [0.4, 0.5) is 20.2 Å². The number of aromatic nitrogens is 3. The highest BCUT2D eigenvalue weighted by molar-refractivity contribution is 6.10. The van der Waals surface area contributed by atoms with Crippen molar-refractivity contribution in [3.8, 4) is 5.69 Å². The summed E-state index contributed by atoms with van der Waals surface area (Å²) in [6, 6.07) is 20.0. The highest BCUT2D eigenvalue weighted by atomic mass is 19.3. The molecule has 1 fully saturated rings. The quantitative estimate of drug-likeness (QED) is 0.293. The molecule has 242 valence electrons. The van der Waals surface area contributed by atoms with Crippen LogP contribution in [0.2, 0.25) is 0 Å². The molecule has 1 aromatic heterocycles. The van der Waals surface area contributed by atoms with Gasteiger partial charge in [-0.05, 0) is 69.4 Å². The molecule has 0 bridgehead atoms. The highest BCUT2D eigenvalue weighted by Crippen LogP contribution is 2.43. The smallest absolute Gasteiger partial charge is 0.275 e. The Kier molecular flexibility index (Phi) is 8.95. The van der Waals surface area contributed by atoms with Crippen LogP contribution in [0.3, 0.4) is 0 Å². The van der Waals surface area contributed by atoms with Crippen molar-refractivity contribution in [2.45, 2.75) is 31.2 Å². The second-order valence-corrected chi connectivity index (χ2v) is 11.9. The predicted octanol–water partition coefficient (Wildman–Crippen LogP) is 5.14. The van der Waals surface area contributed by atoms with E-state index in [0.717, 1.165) is 18.9 Å². The number of allylic oxidation sites excluding steroid dienone is 1. The topological polar surface area (TPSA) is 104 Å². The van der Waals surface area contributed by atoms with Crippen LogP contribution in [-0.4, -0.2) is 88.0 Å². The zero-order valence-electron chi connectivity index (χ0n) is 26.1. The average Bonchev–Trinajstić information content (AvgIpc) is 3.59. The summed E-state index contributed by atoms with van der Waals surface area (Å²) in [7, 11) is 3.99. The molecule has 12 heteroatoms. The fourth-order valence-corrected chi connectivity index (χ4v) is 6.10. The van der Waals surface area contributed by atoms with Gasteiger partial charge >= 0.3 is 0 Å². The Labute approximate surface area is 271 Å². The Hall–Kier alpha value is -5.23. The molecule has 0 radical (unpaired) electrons. The van der Waals surface area contributed by atoms with E-state index in [1.807, 2.05) is 14.1 Å². The first-order valence-electron chi connectivity index (χ1n) is 15.4. The van der Waals surface area contributed by atoms with E-state index in [2.05, 4.69) is 20.3 Å². The third kappa shape index (κ3) is 6.68.